The van der Waals surface area contributed by atoms with Crippen molar-refractivity contribution in [2.24, 2.45) is 5.92 Å². The summed E-state index contributed by atoms with van der Waals surface area (Å²) >= 11 is 0. The minimum atomic E-state index is 0.443. The number of imidazole rings is 1. The third-order valence-electron chi connectivity index (χ3n) is 13.2. The summed E-state index contributed by atoms with van der Waals surface area (Å²) < 4.78 is 14.0. The van der Waals surface area contributed by atoms with Crippen LogP contribution in [0.5, 0.6) is 0 Å². The number of para-hydroxylation sites is 4. The van der Waals surface area contributed by atoms with Crippen LogP contribution in [-0.4, -0.2) is 18.5 Å². The summed E-state index contributed by atoms with van der Waals surface area (Å²) in [5.41, 5.74) is 16.2. The molecule has 0 radical (unpaired) electrons. The molecule has 5 heterocycles. The van der Waals surface area contributed by atoms with E-state index in [0.717, 1.165) is 51.3 Å². The lowest BCUT2D eigenvalue weighted by molar-refractivity contribution is 0.672. The number of pyridine rings is 1. The van der Waals surface area contributed by atoms with Gasteiger partial charge in [-0.1, -0.05) is 103 Å². The van der Waals surface area contributed by atoms with Gasteiger partial charge in [0.2, 0.25) is 0 Å². The minimum absolute atomic E-state index is 0.443. The number of allylic oxidation sites excluding steroid dienone is 1. The SMILES string of the molecule is C1=C(n2c3ccccc3c3cc(-c4ccc5c(c4)c4ccccc4n5-c4ccccc4)ccc32)CC2CC2c2nc3c4ccccc4c4oc5ccccc5c4n3c21. The Morgan fingerprint density at radius 1 is 0.517 bits per heavy atom. The van der Waals surface area contributed by atoms with Gasteiger partial charge in [0.25, 0.3) is 0 Å². The number of hydrogen-bond donors (Lipinski definition) is 0. The molecule has 2 aliphatic carbocycles. The van der Waals surface area contributed by atoms with Crippen LogP contribution < -0.4 is 0 Å². The first-order chi connectivity index (χ1) is 28.8. The molecule has 12 aromatic rings. The maximum Gasteiger partial charge on any atom is 0.160 e. The van der Waals surface area contributed by atoms with Crippen LogP contribution in [0.4, 0.5) is 0 Å². The molecule has 0 spiro atoms. The molecule has 0 amide bonds. The number of benzene rings is 7. The predicted octanol–water partition coefficient (Wildman–Crippen LogP) is 13.8. The molecule has 5 aromatic heterocycles. The Labute approximate surface area is 332 Å². The zero-order valence-electron chi connectivity index (χ0n) is 31.4. The average molecular weight is 743 g/mol. The quantitative estimate of drug-likeness (QED) is 0.181. The van der Waals surface area contributed by atoms with Crippen LogP contribution in [0.2, 0.25) is 0 Å². The second-order valence-corrected chi connectivity index (χ2v) is 16.3. The summed E-state index contributed by atoms with van der Waals surface area (Å²) in [6.07, 6.45) is 4.61. The van der Waals surface area contributed by atoms with Crippen molar-refractivity contribution in [1.82, 2.24) is 18.5 Å². The van der Waals surface area contributed by atoms with Gasteiger partial charge in [-0.15, -0.1) is 0 Å². The second-order valence-electron chi connectivity index (χ2n) is 16.3. The number of aromatic nitrogens is 4. The van der Waals surface area contributed by atoms with Gasteiger partial charge in [0.15, 0.2) is 5.58 Å². The first-order valence-corrected chi connectivity index (χ1v) is 20.3. The summed E-state index contributed by atoms with van der Waals surface area (Å²) in [5.74, 6) is 0.999. The fraction of sp³-hybridized carbons (Fsp3) is 0.0755. The summed E-state index contributed by atoms with van der Waals surface area (Å²) in [4.78, 5) is 5.51. The van der Waals surface area contributed by atoms with Gasteiger partial charge >= 0.3 is 0 Å². The zero-order chi connectivity index (χ0) is 37.6. The van der Waals surface area contributed by atoms with Gasteiger partial charge in [0.1, 0.15) is 16.7 Å². The van der Waals surface area contributed by atoms with Crippen LogP contribution in [0.25, 0.3) is 111 Å². The molecule has 58 heavy (non-hydrogen) atoms. The minimum Gasteiger partial charge on any atom is -0.454 e. The van der Waals surface area contributed by atoms with Crippen LogP contribution in [0, 0.1) is 5.92 Å². The van der Waals surface area contributed by atoms with Crippen molar-refractivity contribution in [2.45, 2.75) is 18.8 Å². The number of hydrogen-bond acceptors (Lipinski definition) is 2. The molecule has 5 heteroatoms. The molecule has 1 saturated carbocycles. The molecule has 5 nitrogen and oxygen atoms in total. The van der Waals surface area contributed by atoms with E-state index in [0.29, 0.717) is 11.8 Å². The molecule has 0 aliphatic heterocycles. The summed E-state index contributed by atoms with van der Waals surface area (Å²) in [5, 5.41) is 8.42. The van der Waals surface area contributed by atoms with E-state index in [9.17, 15) is 0 Å². The molecule has 2 aliphatic rings. The molecule has 7 aromatic carbocycles. The van der Waals surface area contributed by atoms with E-state index in [1.54, 1.807) is 0 Å². The lowest BCUT2D eigenvalue weighted by Crippen LogP contribution is -1.99. The first-order valence-electron chi connectivity index (χ1n) is 20.3. The third-order valence-corrected chi connectivity index (χ3v) is 13.2. The number of rotatable bonds is 3. The van der Waals surface area contributed by atoms with Gasteiger partial charge in [-0.25, -0.2) is 4.98 Å². The van der Waals surface area contributed by atoms with Crippen LogP contribution in [-0.2, 0) is 0 Å². The Kier molecular flexibility index (Phi) is 5.92. The van der Waals surface area contributed by atoms with Crippen LogP contribution >= 0.6 is 0 Å². The van der Waals surface area contributed by atoms with Gasteiger partial charge in [0.05, 0.1) is 33.5 Å². The average Bonchev–Trinajstić information content (AvgIpc) is 3.52. The van der Waals surface area contributed by atoms with Crippen molar-refractivity contribution in [1.29, 1.82) is 0 Å². The molecular weight excluding hydrogens is 709 g/mol. The van der Waals surface area contributed by atoms with Gasteiger partial charge < -0.3 is 13.6 Å². The highest BCUT2D eigenvalue weighted by molar-refractivity contribution is 6.18. The smallest absolute Gasteiger partial charge is 0.160 e. The van der Waals surface area contributed by atoms with E-state index in [2.05, 4.69) is 183 Å². The molecule has 1 fully saturated rings. The molecule has 2 atom stereocenters. The largest absolute Gasteiger partial charge is 0.454 e. The van der Waals surface area contributed by atoms with Crippen LogP contribution in [0.15, 0.2) is 168 Å². The third kappa shape index (κ3) is 4.07. The molecule has 0 N–H and O–H groups in total. The number of furan rings is 1. The van der Waals surface area contributed by atoms with Crippen molar-refractivity contribution < 1.29 is 4.42 Å². The Balaban J connectivity index is 0.990. The fourth-order valence-corrected chi connectivity index (χ4v) is 10.5. The highest BCUT2D eigenvalue weighted by Crippen LogP contribution is 2.56. The van der Waals surface area contributed by atoms with Gasteiger partial charge in [-0.05, 0) is 96.6 Å². The van der Waals surface area contributed by atoms with Crippen molar-refractivity contribution in [3.63, 3.8) is 0 Å². The van der Waals surface area contributed by atoms with Crippen molar-refractivity contribution in [3.05, 3.63) is 175 Å². The summed E-state index contributed by atoms with van der Waals surface area (Å²) in [7, 11) is 0. The molecule has 0 bridgehead atoms. The van der Waals surface area contributed by atoms with Crippen molar-refractivity contribution in [2.75, 3.05) is 0 Å². The maximum absolute atomic E-state index is 6.66. The summed E-state index contributed by atoms with van der Waals surface area (Å²) in [6, 6.07) is 59.5. The van der Waals surface area contributed by atoms with Crippen molar-refractivity contribution >= 4 is 93.9 Å². The molecule has 272 valence electrons. The summed E-state index contributed by atoms with van der Waals surface area (Å²) in [6.45, 7) is 0. The topological polar surface area (TPSA) is 40.3 Å². The monoisotopic (exact) mass is 742 g/mol. The van der Waals surface area contributed by atoms with Crippen LogP contribution in [0.3, 0.4) is 0 Å². The highest BCUT2D eigenvalue weighted by atomic mass is 16.3. The second kappa shape index (κ2) is 11.1. The van der Waals surface area contributed by atoms with Gasteiger partial charge in [-0.3, -0.25) is 4.40 Å². The standard InChI is InChI=1S/C53H34N4O/c1-2-12-34(13-3-1)55-44-19-9-6-14-36(44)42-27-31(22-24-46(42)55)32-23-25-47-43(28-32)37-15-7-10-20-45(37)56(47)35-26-33-29-41(33)50-48(30-35)57-51-40-18-8-11-21-49(40)58-52(51)38-16-4-5-17-39(38)53(57)54-50/h1-25,27-28,30,33,41H,26,29H2. The highest BCUT2D eigenvalue weighted by Gasteiger charge is 2.44. The number of fused-ring (bicyclic) bond motifs is 18. The van der Waals surface area contributed by atoms with E-state index < -0.39 is 0 Å². The Hall–Kier alpha value is -7.37. The fourth-order valence-electron chi connectivity index (χ4n) is 10.5. The van der Waals surface area contributed by atoms with E-state index in [1.165, 1.54) is 77.5 Å². The lowest BCUT2D eigenvalue weighted by Gasteiger charge is -2.13. The van der Waals surface area contributed by atoms with E-state index in [-0.39, 0.29) is 0 Å². The normalized spacial score (nSPS) is 16.6. The van der Waals surface area contributed by atoms with Gasteiger partial charge in [-0.2, -0.15) is 0 Å². The Morgan fingerprint density at radius 2 is 1.10 bits per heavy atom. The van der Waals surface area contributed by atoms with Gasteiger partial charge in [0, 0.05) is 55.0 Å². The van der Waals surface area contributed by atoms with E-state index in [1.807, 2.05) is 0 Å². The number of nitrogens with zero attached hydrogens (tertiary/aromatic N) is 4. The molecule has 2 unspecified atom stereocenters. The Bertz CT molecular complexity index is 3760. The molecule has 0 saturated heterocycles. The predicted molar refractivity (Wildman–Crippen MR) is 239 cm³/mol. The lowest BCUT2D eigenvalue weighted by atomic mass is 10.0. The van der Waals surface area contributed by atoms with E-state index in [4.69, 9.17) is 9.40 Å². The maximum atomic E-state index is 6.66. The molecular formula is C53H34N4O. The first kappa shape index (κ1) is 30.8. The Morgan fingerprint density at radius 3 is 1.84 bits per heavy atom. The van der Waals surface area contributed by atoms with Crippen LogP contribution in [0.1, 0.15) is 30.1 Å². The van der Waals surface area contributed by atoms with E-state index >= 15 is 0 Å². The van der Waals surface area contributed by atoms with Crippen molar-refractivity contribution in [3.8, 4) is 16.8 Å². The molecule has 14 rings (SSSR count). The zero-order valence-corrected chi connectivity index (χ0v) is 31.4.